The van der Waals surface area contributed by atoms with E-state index in [-0.39, 0.29) is 11.9 Å². The number of rotatable bonds is 3. The predicted molar refractivity (Wildman–Crippen MR) is 88.5 cm³/mol. The molecule has 0 aromatic carbocycles. The number of hydrogen-bond donors (Lipinski definition) is 0. The summed E-state index contributed by atoms with van der Waals surface area (Å²) in [6, 6.07) is 1.29. The monoisotopic (exact) mass is 441 g/mol. The van der Waals surface area contributed by atoms with Gasteiger partial charge in [-0.05, 0) is 44.8 Å². The molecule has 1 atom stereocenters. The Hall–Kier alpha value is -0.0500. The smallest absolute Gasteiger partial charge is 0.329 e. The molecule has 20 heavy (non-hydrogen) atoms. The zero-order valence-electron chi connectivity index (χ0n) is 10.7. The maximum absolute atomic E-state index is 12.6. The number of hydrogen-bond acceptors (Lipinski definition) is 5. The van der Waals surface area contributed by atoms with E-state index in [9.17, 15) is 9.59 Å². The molecule has 0 bridgehead atoms. The van der Waals surface area contributed by atoms with Gasteiger partial charge in [0.1, 0.15) is 6.04 Å². The van der Waals surface area contributed by atoms with Gasteiger partial charge in [0.2, 0.25) is 0 Å². The molecule has 0 saturated carbocycles. The number of amides is 1. The van der Waals surface area contributed by atoms with Gasteiger partial charge in [-0.3, -0.25) is 4.79 Å². The standard InChI is InChI=1S/C12H13Br2NO3S2/c1-2-18-12(17)8-6-19-4-3-15(8)11(16)9-5-7(13)10(14)20-9/h5,8H,2-4,6H2,1H3. The SMILES string of the molecule is CCOC(=O)C1CSCCN1C(=O)c1cc(Br)c(Br)s1. The minimum Gasteiger partial charge on any atom is -0.464 e. The average molecular weight is 443 g/mol. The number of halogens is 2. The van der Waals surface area contributed by atoms with Gasteiger partial charge in [0.15, 0.2) is 0 Å². The van der Waals surface area contributed by atoms with Gasteiger partial charge in [0.25, 0.3) is 5.91 Å². The van der Waals surface area contributed by atoms with E-state index in [1.807, 2.05) is 0 Å². The predicted octanol–water partition coefficient (Wildman–Crippen LogP) is 3.39. The lowest BCUT2D eigenvalue weighted by Crippen LogP contribution is -2.50. The summed E-state index contributed by atoms with van der Waals surface area (Å²) in [6.07, 6.45) is 0. The van der Waals surface area contributed by atoms with Crippen LogP contribution in [-0.4, -0.2) is 47.5 Å². The van der Waals surface area contributed by atoms with Crippen molar-refractivity contribution in [3.8, 4) is 0 Å². The van der Waals surface area contributed by atoms with Gasteiger partial charge < -0.3 is 9.64 Å². The van der Waals surface area contributed by atoms with Crippen LogP contribution >= 0.6 is 55.0 Å². The van der Waals surface area contributed by atoms with Crippen molar-refractivity contribution in [3.63, 3.8) is 0 Å². The minimum atomic E-state index is -0.485. The van der Waals surface area contributed by atoms with Gasteiger partial charge in [0, 0.05) is 22.5 Å². The molecule has 0 aliphatic carbocycles. The van der Waals surface area contributed by atoms with Crippen molar-refractivity contribution >= 4 is 66.8 Å². The van der Waals surface area contributed by atoms with E-state index in [0.29, 0.717) is 23.8 Å². The van der Waals surface area contributed by atoms with Crippen LogP contribution in [0.1, 0.15) is 16.6 Å². The van der Waals surface area contributed by atoms with Crippen molar-refractivity contribution < 1.29 is 14.3 Å². The highest BCUT2D eigenvalue weighted by molar-refractivity contribution is 9.13. The second-order valence-corrected chi connectivity index (χ2v) is 8.45. The summed E-state index contributed by atoms with van der Waals surface area (Å²) in [6.45, 7) is 2.67. The molecule has 8 heteroatoms. The van der Waals surface area contributed by atoms with Crippen LogP contribution < -0.4 is 0 Å². The zero-order valence-corrected chi connectivity index (χ0v) is 15.5. The van der Waals surface area contributed by atoms with Crippen LogP contribution in [0.5, 0.6) is 0 Å². The van der Waals surface area contributed by atoms with E-state index in [0.717, 1.165) is 14.0 Å². The lowest BCUT2D eigenvalue weighted by Gasteiger charge is -2.33. The quantitative estimate of drug-likeness (QED) is 0.673. The molecule has 110 valence electrons. The second kappa shape index (κ2) is 7.29. The highest BCUT2D eigenvalue weighted by Crippen LogP contribution is 2.33. The normalized spacial score (nSPS) is 18.9. The van der Waals surface area contributed by atoms with Crippen molar-refractivity contribution in [2.24, 2.45) is 0 Å². The van der Waals surface area contributed by atoms with Gasteiger partial charge in [-0.25, -0.2) is 4.79 Å². The number of ether oxygens (including phenoxy) is 1. The lowest BCUT2D eigenvalue weighted by molar-refractivity contribution is -0.147. The van der Waals surface area contributed by atoms with Crippen LogP contribution in [0.15, 0.2) is 14.3 Å². The molecular formula is C12H13Br2NO3S2. The van der Waals surface area contributed by atoms with E-state index >= 15 is 0 Å². The first kappa shape index (κ1) is 16.3. The molecule has 1 unspecified atom stereocenters. The fourth-order valence-corrected chi connectivity index (χ4v) is 4.90. The highest BCUT2D eigenvalue weighted by atomic mass is 79.9. The van der Waals surface area contributed by atoms with E-state index in [2.05, 4.69) is 31.9 Å². The summed E-state index contributed by atoms with van der Waals surface area (Å²) < 4.78 is 6.79. The van der Waals surface area contributed by atoms with Crippen LogP contribution in [0.3, 0.4) is 0 Å². The molecule has 1 aliphatic rings. The minimum absolute atomic E-state index is 0.111. The van der Waals surface area contributed by atoms with Crippen LogP contribution in [0.2, 0.25) is 0 Å². The van der Waals surface area contributed by atoms with Gasteiger partial charge in [-0.15, -0.1) is 11.3 Å². The van der Waals surface area contributed by atoms with Crippen molar-refractivity contribution in [1.29, 1.82) is 0 Å². The Morgan fingerprint density at radius 3 is 2.85 bits per heavy atom. The molecule has 0 radical (unpaired) electrons. The molecule has 1 aliphatic heterocycles. The average Bonchev–Trinajstić information content (AvgIpc) is 2.78. The summed E-state index contributed by atoms with van der Waals surface area (Å²) >= 11 is 9.79. The Bertz CT molecular complexity index is 501. The topological polar surface area (TPSA) is 46.6 Å². The molecule has 1 aromatic rings. The maximum Gasteiger partial charge on any atom is 0.329 e. The van der Waals surface area contributed by atoms with Crippen molar-refractivity contribution in [1.82, 2.24) is 4.90 Å². The molecule has 1 amide bonds. The number of esters is 1. The Kier molecular flexibility index (Phi) is 5.95. The Morgan fingerprint density at radius 1 is 1.50 bits per heavy atom. The number of nitrogens with zero attached hydrogens (tertiary/aromatic N) is 1. The molecule has 1 saturated heterocycles. The highest BCUT2D eigenvalue weighted by Gasteiger charge is 2.34. The summed E-state index contributed by atoms with van der Waals surface area (Å²) in [5.41, 5.74) is 0. The molecule has 1 fully saturated rings. The van der Waals surface area contributed by atoms with Crippen molar-refractivity contribution in [3.05, 3.63) is 19.2 Å². The Balaban J connectivity index is 2.19. The molecule has 0 spiro atoms. The summed E-state index contributed by atoms with van der Waals surface area (Å²) in [7, 11) is 0. The second-order valence-electron chi connectivity index (χ2n) is 4.07. The largest absolute Gasteiger partial charge is 0.464 e. The van der Waals surface area contributed by atoms with Crippen LogP contribution in [0, 0.1) is 0 Å². The lowest BCUT2D eigenvalue weighted by atomic mass is 10.2. The number of thiophene rings is 1. The van der Waals surface area contributed by atoms with Gasteiger partial charge in [-0.2, -0.15) is 11.8 Å². The van der Waals surface area contributed by atoms with E-state index in [1.54, 1.807) is 29.7 Å². The van der Waals surface area contributed by atoms with Crippen molar-refractivity contribution in [2.45, 2.75) is 13.0 Å². The first-order valence-corrected chi connectivity index (χ1v) is 9.60. The summed E-state index contributed by atoms with van der Waals surface area (Å²) in [5, 5.41) is 0. The third kappa shape index (κ3) is 3.58. The third-order valence-corrected chi connectivity index (χ3v) is 7.07. The molecule has 2 heterocycles. The molecular weight excluding hydrogens is 430 g/mol. The van der Waals surface area contributed by atoms with Crippen LogP contribution in [0.25, 0.3) is 0 Å². The Labute approximate surface area is 142 Å². The van der Waals surface area contributed by atoms with Gasteiger partial charge in [0.05, 0.1) is 15.3 Å². The van der Waals surface area contributed by atoms with Gasteiger partial charge >= 0.3 is 5.97 Å². The van der Waals surface area contributed by atoms with E-state index in [1.165, 1.54) is 11.3 Å². The third-order valence-electron chi connectivity index (χ3n) is 2.80. The Morgan fingerprint density at radius 2 is 2.25 bits per heavy atom. The van der Waals surface area contributed by atoms with Crippen LogP contribution in [-0.2, 0) is 9.53 Å². The number of carbonyl (C=O) groups is 2. The van der Waals surface area contributed by atoms with Gasteiger partial charge in [-0.1, -0.05) is 0 Å². The first-order chi connectivity index (χ1) is 9.54. The summed E-state index contributed by atoms with van der Waals surface area (Å²) in [5.74, 6) is 1.01. The maximum atomic E-state index is 12.6. The van der Waals surface area contributed by atoms with Crippen LogP contribution in [0.4, 0.5) is 0 Å². The first-order valence-electron chi connectivity index (χ1n) is 6.04. The molecule has 4 nitrogen and oxygen atoms in total. The molecule has 0 N–H and O–H groups in total. The van der Waals surface area contributed by atoms with Crippen molar-refractivity contribution in [2.75, 3.05) is 24.7 Å². The zero-order chi connectivity index (χ0) is 14.7. The van der Waals surface area contributed by atoms with E-state index in [4.69, 9.17) is 4.74 Å². The van der Waals surface area contributed by atoms with E-state index < -0.39 is 6.04 Å². The molecule has 1 aromatic heterocycles. The molecule has 2 rings (SSSR count). The number of carbonyl (C=O) groups excluding carboxylic acids is 2. The number of thioether (sulfide) groups is 1. The fourth-order valence-electron chi connectivity index (χ4n) is 1.87. The fraction of sp³-hybridized carbons (Fsp3) is 0.500. The summed E-state index contributed by atoms with van der Waals surface area (Å²) in [4.78, 5) is 26.8.